The van der Waals surface area contributed by atoms with E-state index in [1.165, 1.54) is 4.90 Å². The van der Waals surface area contributed by atoms with Crippen molar-refractivity contribution in [3.05, 3.63) is 0 Å². The van der Waals surface area contributed by atoms with E-state index in [0.29, 0.717) is 13.0 Å². The summed E-state index contributed by atoms with van der Waals surface area (Å²) < 4.78 is 22.8. The molecule has 2 aliphatic rings. The van der Waals surface area contributed by atoms with Gasteiger partial charge in [-0.15, -0.1) is 0 Å². The summed E-state index contributed by atoms with van der Waals surface area (Å²) >= 11 is 0. The van der Waals surface area contributed by atoms with E-state index in [4.69, 9.17) is 0 Å². The molecular weight excluding hydrogens is 306 g/mol. The molecular formula is C14H25N3O4S. The lowest BCUT2D eigenvalue weighted by atomic mass is 10.0. The Bertz CT molecular complexity index is 514. The number of likely N-dealkylation sites (N-methyl/N-ethyl adjacent to an activating group) is 1. The predicted molar refractivity (Wildman–Crippen MR) is 83.1 cm³/mol. The minimum absolute atomic E-state index is 0.00297. The minimum Gasteiger partial charge on any atom is -0.351 e. The third kappa shape index (κ3) is 4.67. The molecule has 0 spiro atoms. The average molecular weight is 331 g/mol. The molecule has 126 valence electrons. The highest BCUT2D eigenvalue weighted by Gasteiger charge is 2.30. The molecule has 2 heterocycles. The molecule has 0 aromatic carbocycles. The molecule has 2 fully saturated rings. The summed E-state index contributed by atoms with van der Waals surface area (Å²) in [6.45, 7) is 3.13. The molecule has 0 aromatic heterocycles. The summed E-state index contributed by atoms with van der Waals surface area (Å²) in [6, 6.07) is -0.521. The van der Waals surface area contributed by atoms with Crippen molar-refractivity contribution in [2.24, 2.45) is 0 Å². The number of rotatable bonds is 5. The average Bonchev–Trinajstić information content (AvgIpc) is 2.83. The second kappa shape index (κ2) is 7.41. The van der Waals surface area contributed by atoms with E-state index in [1.807, 2.05) is 6.92 Å². The van der Waals surface area contributed by atoms with Crippen molar-refractivity contribution < 1.29 is 18.0 Å². The normalized spacial score (nSPS) is 27.3. The van der Waals surface area contributed by atoms with Crippen LogP contribution in [0.1, 0.15) is 32.6 Å². The van der Waals surface area contributed by atoms with Gasteiger partial charge in [0.1, 0.15) is 0 Å². The fraction of sp³-hybridized carbons (Fsp3) is 0.857. The topological polar surface area (TPSA) is 95.6 Å². The van der Waals surface area contributed by atoms with Gasteiger partial charge >= 0.3 is 0 Å². The quantitative estimate of drug-likeness (QED) is 0.693. The zero-order valence-corrected chi connectivity index (χ0v) is 13.8. The fourth-order valence-corrected chi connectivity index (χ4v) is 4.66. The van der Waals surface area contributed by atoms with Crippen LogP contribution >= 0.6 is 0 Å². The minimum atomic E-state index is -3.01. The van der Waals surface area contributed by atoms with Crippen LogP contribution in [-0.2, 0) is 19.4 Å². The second-order valence-electron chi connectivity index (χ2n) is 6.02. The number of piperidine rings is 1. The maximum absolute atomic E-state index is 12.4. The molecule has 0 radical (unpaired) electrons. The van der Waals surface area contributed by atoms with Crippen LogP contribution in [0.4, 0.5) is 0 Å². The van der Waals surface area contributed by atoms with E-state index < -0.39 is 9.84 Å². The summed E-state index contributed by atoms with van der Waals surface area (Å²) in [6.07, 6.45) is 3.36. The van der Waals surface area contributed by atoms with Gasteiger partial charge in [-0.05, 0) is 32.7 Å². The van der Waals surface area contributed by atoms with E-state index in [1.54, 1.807) is 0 Å². The summed E-state index contributed by atoms with van der Waals surface area (Å²) in [5.41, 5.74) is 0. The lowest BCUT2D eigenvalue weighted by Crippen LogP contribution is -2.51. The number of hydrogen-bond acceptors (Lipinski definition) is 5. The van der Waals surface area contributed by atoms with Gasteiger partial charge in [-0.25, -0.2) is 8.42 Å². The van der Waals surface area contributed by atoms with Crippen LogP contribution in [0, 0.1) is 0 Å². The standard InChI is InChI=1S/C14H25N3O4S/c1-2-17(14(19)12-5-3-4-7-15-12)9-13(18)16-11-6-8-22(20,21)10-11/h11-12,15H,2-10H2,1H3,(H,16,18)/t11?,12-/m0/s1. The van der Waals surface area contributed by atoms with Crippen molar-refractivity contribution in [2.75, 3.05) is 31.1 Å². The van der Waals surface area contributed by atoms with Crippen LogP contribution in [0.3, 0.4) is 0 Å². The van der Waals surface area contributed by atoms with Crippen molar-refractivity contribution in [1.82, 2.24) is 15.5 Å². The molecule has 1 unspecified atom stereocenters. The van der Waals surface area contributed by atoms with Gasteiger partial charge < -0.3 is 15.5 Å². The Hall–Kier alpha value is -1.15. The highest BCUT2D eigenvalue weighted by molar-refractivity contribution is 7.91. The molecule has 0 saturated carbocycles. The number of nitrogens with one attached hydrogen (secondary N) is 2. The van der Waals surface area contributed by atoms with Crippen LogP contribution in [0.25, 0.3) is 0 Å². The van der Waals surface area contributed by atoms with Gasteiger partial charge in [-0.3, -0.25) is 9.59 Å². The lowest BCUT2D eigenvalue weighted by Gasteiger charge is -2.29. The summed E-state index contributed by atoms with van der Waals surface area (Å²) in [5.74, 6) is -0.201. The Morgan fingerprint density at radius 2 is 2.05 bits per heavy atom. The zero-order valence-electron chi connectivity index (χ0n) is 13.0. The molecule has 7 nitrogen and oxygen atoms in total. The van der Waals surface area contributed by atoms with Crippen LogP contribution < -0.4 is 10.6 Å². The van der Waals surface area contributed by atoms with Gasteiger partial charge in [-0.1, -0.05) is 6.42 Å². The summed E-state index contributed by atoms with van der Waals surface area (Å²) in [7, 11) is -3.01. The summed E-state index contributed by atoms with van der Waals surface area (Å²) in [4.78, 5) is 26.0. The first-order valence-corrected chi connectivity index (χ1v) is 9.75. The summed E-state index contributed by atoms with van der Waals surface area (Å²) in [5, 5.41) is 5.91. The number of carbonyl (C=O) groups is 2. The number of amides is 2. The van der Waals surface area contributed by atoms with E-state index in [2.05, 4.69) is 10.6 Å². The fourth-order valence-electron chi connectivity index (χ4n) is 2.98. The van der Waals surface area contributed by atoms with Crippen LogP contribution in [-0.4, -0.2) is 68.4 Å². The van der Waals surface area contributed by atoms with Gasteiger partial charge in [0, 0.05) is 12.6 Å². The zero-order chi connectivity index (χ0) is 16.2. The highest BCUT2D eigenvalue weighted by atomic mass is 32.2. The van der Waals surface area contributed by atoms with Crippen LogP contribution in [0.5, 0.6) is 0 Å². The number of sulfone groups is 1. The molecule has 2 saturated heterocycles. The van der Waals surface area contributed by atoms with E-state index in [-0.39, 0.29) is 41.9 Å². The van der Waals surface area contributed by atoms with Crippen molar-refractivity contribution in [2.45, 2.75) is 44.7 Å². The first-order chi connectivity index (χ1) is 10.4. The Labute approximate surface area is 131 Å². The van der Waals surface area contributed by atoms with E-state index >= 15 is 0 Å². The number of carbonyl (C=O) groups excluding carboxylic acids is 2. The number of hydrogen-bond donors (Lipinski definition) is 2. The largest absolute Gasteiger partial charge is 0.351 e. The Morgan fingerprint density at radius 3 is 2.59 bits per heavy atom. The van der Waals surface area contributed by atoms with Crippen molar-refractivity contribution >= 4 is 21.7 Å². The van der Waals surface area contributed by atoms with E-state index in [9.17, 15) is 18.0 Å². The molecule has 2 amide bonds. The van der Waals surface area contributed by atoms with Crippen molar-refractivity contribution in [3.63, 3.8) is 0 Å². The molecule has 2 rings (SSSR count). The monoisotopic (exact) mass is 331 g/mol. The first-order valence-electron chi connectivity index (χ1n) is 7.93. The van der Waals surface area contributed by atoms with Crippen LogP contribution in [0.2, 0.25) is 0 Å². The molecule has 0 aliphatic carbocycles. The van der Waals surface area contributed by atoms with Gasteiger partial charge in [0.15, 0.2) is 9.84 Å². The smallest absolute Gasteiger partial charge is 0.240 e. The third-order valence-electron chi connectivity index (χ3n) is 4.23. The molecule has 2 aliphatic heterocycles. The number of nitrogens with zero attached hydrogens (tertiary/aromatic N) is 1. The molecule has 2 atom stereocenters. The van der Waals surface area contributed by atoms with Gasteiger partial charge in [-0.2, -0.15) is 0 Å². The maximum Gasteiger partial charge on any atom is 0.240 e. The molecule has 0 aromatic rings. The maximum atomic E-state index is 12.4. The molecule has 8 heteroatoms. The second-order valence-corrected chi connectivity index (χ2v) is 8.25. The van der Waals surface area contributed by atoms with Gasteiger partial charge in [0.25, 0.3) is 0 Å². The predicted octanol–water partition coefficient (Wildman–Crippen LogP) is -0.720. The highest BCUT2D eigenvalue weighted by Crippen LogP contribution is 2.12. The van der Waals surface area contributed by atoms with Crippen molar-refractivity contribution in [3.8, 4) is 0 Å². The van der Waals surface area contributed by atoms with Gasteiger partial charge in [0.2, 0.25) is 11.8 Å². The van der Waals surface area contributed by atoms with Crippen molar-refractivity contribution in [1.29, 1.82) is 0 Å². The Balaban J connectivity index is 1.84. The molecule has 22 heavy (non-hydrogen) atoms. The van der Waals surface area contributed by atoms with Gasteiger partial charge in [0.05, 0.1) is 24.1 Å². The lowest BCUT2D eigenvalue weighted by molar-refractivity contribution is -0.138. The van der Waals surface area contributed by atoms with Crippen LogP contribution in [0.15, 0.2) is 0 Å². The molecule has 2 N–H and O–H groups in total. The first kappa shape index (κ1) is 17.2. The molecule has 0 bridgehead atoms. The third-order valence-corrected chi connectivity index (χ3v) is 6.00. The Morgan fingerprint density at radius 1 is 1.27 bits per heavy atom. The Kier molecular flexibility index (Phi) is 5.80. The SMILES string of the molecule is CCN(CC(=O)NC1CCS(=O)(=O)C1)C(=O)[C@@H]1CCCCN1. The van der Waals surface area contributed by atoms with E-state index in [0.717, 1.165) is 25.8 Å².